The minimum Gasteiger partial charge on any atom is -0.371 e. The maximum absolute atomic E-state index is 11.8. The first-order valence-electron chi connectivity index (χ1n) is 4.88. The van der Waals surface area contributed by atoms with Gasteiger partial charge >= 0.3 is 6.03 Å². The second kappa shape index (κ2) is 3.92. The van der Waals surface area contributed by atoms with Crippen molar-refractivity contribution in [3.05, 3.63) is 23.4 Å². The Morgan fingerprint density at radius 3 is 2.75 bits per heavy atom. The van der Waals surface area contributed by atoms with Crippen molar-refractivity contribution in [2.24, 2.45) is 0 Å². The average Bonchev–Trinajstić information content (AvgIpc) is 2.44. The molecule has 0 radical (unpaired) electrons. The monoisotopic (exact) mass is 241 g/mol. The number of hydrogen-bond donors (Lipinski definition) is 1. The molecule has 2 rings (SSSR count). The van der Waals surface area contributed by atoms with Crippen LogP contribution in [0.1, 0.15) is 6.92 Å². The summed E-state index contributed by atoms with van der Waals surface area (Å²) < 4.78 is 0. The summed E-state index contributed by atoms with van der Waals surface area (Å²) in [6, 6.07) is 2.61. The molecule has 16 heavy (non-hydrogen) atoms. The number of carbonyl (C=O) groups excluding carboxylic acids is 1. The molecule has 0 aromatic carbocycles. The maximum atomic E-state index is 11.8. The Morgan fingerprint density at radius 1 is 1.56 bits per heavy atom. The summed E-state index contributed by atoms with van der Waals surface area (Å²) in [5.41, 5.74) is 0. The Balaban J connectivity index is 2.38. The van der Waals surface area contributed by atoms with Crippen molar-refractivity contribution in [2.75, 3.05) is 11.9 Å². The number of amides is 2. The Hall–Kier alpha value is -1.33. The number of likely N-dealkylation sites (N-methyl/N-ethyl adjacent to an activating group) is 1. The van der Waals surface area contributed by atoms with Crippen LogP contribution in [0.4, 0.5) is 10.6 Å². The van der Waals surface area contributed by atoms with E-state index in [0.717, 1.165) is 0 Å². The predicted molar refractivity (Wildman–Crippen MR) is 60.4 cm³/mol. The van der Waals surface area contributed by atoms with Crippen molar-refractivity contribution in [1.82, 2.24) is 9.88 Å². The van der Waals surface area contributed by atoms with Crippen LogP contribution in [0.5, 0.6) is 0 Å². The van der Waals surface area contributed by atoms with Gasteiger partial charge < -0.3 is 10.0 Å². The molecule has 2 atom stereocenters. The van der Waals surface area contributed by atoms with Crippen LogP contribution in [0, 0.1) is 0 Å². The third kappa shape index (κ3) is 1.62. The van der Waals surface area contributed by atoms with Gasteiger partial charge in [0.1, 0.15) is 5.82 Å². The van der Waals surface area contributed by atoms with Crippen molar-refractivity contribution in [2.45, 2.75) is 19.2 Å². The lowest BCUT2D eigenvalue weighted by molar-refractivity contribution is 0.138. The molecule has 2 unspecified atom stereocenters. The van der Waals surface area contributed by atoms with Gasteiger partial charge in [0.15, 0.2) is 6.23 Å². The number of anilines is 1. The van der Waals surface area contributed by atoms with Crippen molar-refractivity contribution >= 4 is 23.4 Å². The van der Waals surface area contributed by atoms with E-state index in [1.807, 2.05) is 0 Å². The molecule has 86 valence electrons. The summed E-state index contributed by atoms with van der Waals surface area (Å²) in [4.78, 5) is 18.6. The van der Waals surface area contributed by atoms with E-state index in [-0.39, 0.29) is 12.1 Å². The van der Waals surface area contributed by atoms with E-state index in [1.54, 1.807) is 26.1 Å². The first kappa shape index (κ1) is 11.2. The summed E-state index contributed by atoms with van der Waals surface area (Å²) in [5.74, 6) is 0.362. The van der Waals surface area contributed by atoms with Gasteiger partial charge in [0.2, 0.25) is 0 Å². The van der Waals surface area contributed by atoms with Crippen molar-refractivity contribution in [3.8, 4) is 0 Å². The third-order valence-electron chi connectivity index (χ3n) is 2.77. The molecule has 1 aromatic heterocycles. The number of urea groups is 1. The van der Waals surface area contributed by atoms with Crippen LogP contribution in [0.25, 0.3) is 0 Å². The molecule has 2 heterocycles. The zero-order valence-electron chi connectivity index (χ0n) is 8.96. The summed E-state index contributed by atoms with van der Waals surface area (Å²) in [5, 5.41) is 10.4. The molecule has 0 saturated carbocycles. The van der Waals surface area contributed by atoms with Gasteiger partial charge in [-0.3, -0.25) is 0 Å². The number of rotatable bonds is 1. The lowest BCUT2D eigenvalue weighted by Gasteiger charge is -2.18. The van der Waals surface area contributed by atoms with E-state index in [4.69, 9.17) is 11.6 Å². The highest BCUT2D eigenvalue weighted by molar-refractivity contribution is 6.30. The average molecular weight is 242 g/mol. The topological polar surface area (TPSA) is 56.7 Å². The largest absolute Gasteiger partial charge is 0.371 e. The molecule has 0 bridgehead atoms. The van der Waals surface area contributed by atoms with Gasteiger partial charge in [0.05, 0.1) is 6.04 Å². The second-order valence-electron chi connectivity index (χ2n) is 3.75. The highest BCUT2D eigenvalue weighted by Gasteiger charge is 2.41. The van der Waals surface area contributed by atoms with Gasteiger partial charge in [-0.1, -0.05) is 11.6 Å². The lowest BCUT2D eigenvalue weighted by Crippen LogP contribution is -2.36. The molecule has 1 fully saturated rings. The molecular weight excluding hydrogens is 230 g/mol. The standard InChI is InChI=1S/C10H12ClN3O2/c1-6-9(15)14(10(16)13(6)2)8-5-7(11)3-4-12-8/h3-6,9,15H,1-2H3. The van der Waals surface area contributed by atoms with Crippen LogP contribution in [-0.2, 0) is 0 Å². The number of aliphatic hydroxyl groups excluding tert-OH is 1. The van der Waals surface area contributed by atoms with E-state index in [0.29, 0.717) is 10.8 Å². The second-order valence-corrected chi connectivity index (χ2v) is 4.19. The Kier molecular flexibility index (Phi) is 2.73. The summed E-state index contributed by atoms with van der Waals surface area (Å²) in [6.45, 7) is 1.77. The van der Waals surface area contributed by atoms with Crippen LogP contribution in [-0.4, -0.2) is 40.3 Å². The van der Waals surface area contributed by atoms with Crippen LogP contribution in [0.15, 0.2) is 18.3 Å². The number of aromatic nitrogens is 1. The summed E-state index contributed by atoms with van der Waals surface area (Å²) in [6.07, 6.45) is 0.601. The fourth-order valence-electron chi connectivity index (χ4n) is 1.63. The highest BCUT2D eigenvalue weighted by Crippen LogP contribution is 2.26. The van der Waals surface area contributed by atoms with Crippen molar-refractivity contribution < 1.29 is 9.90 Å². The molecule has 0 spiro atoms. The van der Waals surface area contributed by atoms with Crippen LogP contribution in [0.2, 0.25) is 5.02 Å². The minimum atomic E-state index is -0.900. The summed E-state index contributed by atoms with van der Waals surface area (Å²) >= 11 is 5.82. The lowest BCUT2D eigenvalue weighted by atomic mass is 10.3. The fourth-order valence-corrected chi connectivity index (χ4v) is 1.79. The summed E-state index contributed by atoms with van der Waals surface area (Å²) in [7, 11) is 1.64. The van der Waals surface area contributed by atoms with Crippen LogP contribution >= 0.6 is 11.6 Å². The zero-order chi connectivity index (χ0) is 11.9. The third-order valence-corrected chi connectivity index (χ3v) is 3.00. The first-order valence-corrected chi connectivity index (χ1v) is 5.26. The van der Waals surface area contributed by atoms with Crippen LogP contribution < -0.4 is 4.90 Å². The molecule has 1 aromatic rings. The molecule has 5 nitrogen and oxygen atoms in total. The van der Waals surface area contributed by atoms with E-state index < -0.39 is 6.23 Å². The number of carbonyl (C=O) groups is 1. The molecule has 1 aliphatic rings. The molecule has 0 aliphatic carbocycles. The van der Waals surface area contributed by atoms with Gasteiger partial charge in [-0.25, -0.2) is 14.7 Å². The quantitative estimate of drug-likeness (QED) is 0.807. The Labute approximate surface area is 98.2 Å². The fraction of sp³-hybridized carbons (Fsp3) is 0.400. The Morgan fingerprint density at radius 2 is 2.25 bits per heavy atom. The molecule has 6 heteroatoms. The van der Waals surface area contributed by atoms with Gasteiger partial charge in [0.25, 0.3) is 0 Å². The van der Waals surface area contributed by atoms with Gasteiger partial charge in [0, 0.05) is 18.3 Å². The number of pyridine rings is 1. The molecule has 1 saturated heterocycles. The Bertz CT molecular complexity index is 426. The van der Waals surface area contributed by atoms with Crippen molar-refractivity contribution in [1.29, 1.82) is 0 Å². The molecule has 1 N–H and O–H groups in total. The van der Waals surface area contributed by atoms with Gasteiger partial charge in [-0.15, -0.1) is 0 Å². The number of halogens is 1. The zero-order valence-corrected chi connectivity index (χ0v) is 9.72. The number of hydrogen-bond acceptors (Lipinski definition) is 3. The first-order chi connectivity index (χ1) is 7.52. The van der Waals surface area contributed by atoms with E-state index in [9.17, 15) is 9.90 Å². The molecular formula is C10H12ClN3O2. The van der Waals surface area contributed by atoms with Gasteiger partial charge in [-0.05, 0) is 19.1 Å². The minimum absolute atomic E-state index is 0.270. The number of aliphatic hydroxyl groups is 1. The highest BCUT2D eigenvalue weighted by atomic mass is 35.5. The SMILES string of the molecule is CC1C(O)N(c2cc(Cl)ccn2)C(=O)N1C. The molecule has 1 aliphatic heterocycles. The smallest absolute Gasteiger partial charge is 0.328 e. The normalized spacial score (nSPS) is 25.4. The predicted octanol–water partition coefficient (Wildman–Crippen LogP) is 1.31. The molecule has 2 amide bonds. The van der Waals surface area contributed by atoms with Crippen LogP contribution in [0.3, 0.4) is 0 Å². The van der Waals surface area contributed by atoms with E-state index >= 15 is 0 Å². The van der Waals surface area contributed by atoms with E-state index in [2.05, 4.69) is 4.98 Å². The van der Waals surface area contributed by atoms with E-state index in [1.165, 1.54) is 16.0 Å². The maximum Gasteiger partial charge on any atom is 0.328 e. The van der Waals surface area contributed by atoms with Gasteiger partial charge in [-0.2, -0.15) is 0 Å². The van der Waals surface area contributed by atoms with Crippen molar-refractivity contribution in [3.63, 3.8) is 0 Å². The number of nitrogens with zero attached hydrogens (tertiary/aromatic N) is 3.